The van der Waals surface area contributed by atoms with Crippen molar-refractivity contribution in [1.29, 1.82) is 0 Å². The van der Waals surface area contributed by atoms with Crippen LogP contribution >= 0.6 is 11.3 Å². The minimum atomic E-state index is 0.654. The number of thiazole rings is 1. The smallest absolute Gasteiger partial charge is 0.211 e. The molecule has 4 heterocycles. The molecule has 0 aliphatic carbocycles. The van der Waals surface area contributed by atoms with Gasteiger partial charge in [-0.15, -0.1) is 11.3 Å². The first-order valence-corrected chi connectivity index (χ1v) is 9.47. The molecule has 0 aliphatic heterocycles. The molecule has 1 aromatic carbocycles. The molecule has 0 atom stereocenters. The molecule has 0 N–H and O–H groups in total. The van der Waals surface area contributed by atoms with Crippen LogP contribution in [-0.2, 0) is 0 Å². The maximum absolute atomic E-state index is 6.03. The molecule has 0 fully saturated rings. The van der Waals surface area contributed by atoms with Crippen molar-refractivity contribution in [3.8, 4) is 11.5 Å². The third-order valence-corrected chi connectivity index (χ3v) is 4.89. The van der Waals surface area contributed by atoms with Gasteiger partial charge in [0, 0.05) is 17.0 Å². The zero-order chi connectivity index (χ0) is 18.8. The molecule has 5 rings (SSSR count). The van der Waals surface area contributed by atoms with Gasteiger partial charge in [0.15, 0.2) is 5.76 Å². The van der Waals surface area contributed by atoms with Crippen LogP contribution in [0.5, 0.6) is 0 Å². The third kappa shape index (κ3) is 3.19. The van der Waals surface area contributed by atoms with E-state index < -0.39 is 0 Å². The Balaban J connectivity index is 1.67. The SMILES string of the molecule is C(=Nn1c(-c2cc3ccccc3o2)csc1=Nc1cccnc1)c1ccco1. The molecular weight excluding hydrogens is 372 g/mol. The lowest BCUT2D eigenvalue weighted by Crippen LogP contribution is -2.11. The molecular formula is C21H14N4O2S. The summed E-state index contributed by atoms with van der Waals surface area (Å²) in [6.07, 6.45) is 6.69. The van der Waals surface area contributed by atoms with E-state index >= 15 is 0 Å². The number of benzene rings is 1. The molecule has 0 spiro atoms. The largest absolute Gasteiger partial charge is 0.463 e. The van der Waals surface area contributed by atoms with Gasteiger partial charge in [-0.3, -0.25) is 4.98 Å². The van der Waals surface area contributed by atoms with E-state index in [1.165, 1.54) is 11.3 Å². The molecule has 0 bridgehead atoms. The molecule has 136 valence electrons. The minimum Gasteiger partial charge on any atom is -0.463 e. The summed E-state index contributed by atoms with van der Waals surface area (Å²) in [7, 11) is 0. The first-order valence-electron chi connectivity index (χ1n) is 8.59. The lowest BCUT2D eigenvalue weighted by Gasteiger charge is -2.00. The van der Waals surface area contributed by atoms with Crippen molar-refractivity contribution in [2.45, 2.75) is 0 Å². The average Bonchev–Trinajstić information content (AvgIpc) is 3.46. The van der Waals surface area contributed by atoms with E-state index in [2.05, 4.69) is 15.1 Å². The van der Waals surface area contributed by atoms with Crippen LogP contribution in [0.2, 0.25) is 0 Å². The van der Waals surface area contributed by atoms with Crippen LogP contribution in [0, 0.1) is 0 Å². The summed E-state index contributed by atoms with van der Waals surface area (Å²) in [6, 6.07) is 17.3. The van der Waals surface area contributed by atoms with Gasteiger partial charge < -0.3 is 8.83 Å². The standard InChI is InChI=1S/C21H14N4O2S/c1-2-8-19-15(5-1)11-20(27-19)18-14-28-21(24-16-6-3-9-22-12-16)25(18)23-13-17-7-4-10-26-17/h1-14H. The van der Waals surface area contributed by atoms with E-state index in [1.807, 2.05) is 60.0 Å². The van der Waals surface area contributed by atoms with Gasteiger partial charge in [0.2, 0.25) is 4.80 Å². The summed E-state index contributed by atoms with van der Waals surface area (Å²) in [5.41, 5.74) is 2.39. The number of para-hydroxylation sites is 1. The van der Waals surface area contributed by atoms with Crippen molar-refractivity contribution in [3.05, 3.63) is 89.2 Å². The summed E-state index contributed by atoms with van der Waals surface area (Å²) >= 11 is 1.48. The minimum absolute atomic E-state index is 0.654. The fourth-order valence-corrected chi connectivity index (χ4v) is 3.61. The van der Waals surface area contributed by atoms with Gasteiger partial charge in [-0.05, 0) is 36.4 Å². The van der Waals surface area contributed by atoms with Gasteiger partial charge in [-0.1, -0.05) is 18.2 Å². The number of nitrogens with zero attached hydrogens (tertiary/aromatic N) is 4. The second-order valence-electron chi connectivity index (χ2n) is 5.95. The molecule has 0 amide bonds. The van der Waals surface area contributed by atoms with E-state index in [4.69, 9.17) is 8.83 Å². The first-order chi connectivity index (χ1) is 13.9. The molecule has 0 unspecified atom stereocenters. The van der Waals surface area contributed by atoms with Crippen LogP contribution in [0.25, 0.3) is 22.4 Å². The molecule has 28 heavy (non-hydrogen) atoms. The lowest BCUT2D eigenvalue weighted by molar-refractivity contribution is 0.559. The topological polar surface area (TPSA) is 68.8 Å². The van der Waals surface area contributed by atoms with Crippen LogP contribution in [0.3, 0.4) is 0 Å². The summed E-state index contributed by atoms with van der Waals surface area (Å²) < 4.78 is 13.1. The lowest BCUT2D eigenvalue weighted by atomic mass is 10.2. The van der Waals surface area contributed by atoms with Crippen molar-refractivity contribution >= 4 is 34.2 Å². The molecule has 0 saturated heterocycles. The molecule has 4 aromatic heterocycles. The van der Waals surface area contributed by atoms with Gasteiger partial charge in [0.25, 0.3) is 0 Å². The van der Waals surface area contributed by atoms with E-state index in [1.54, 1.807) is 29.5 Å². The predicted octanol–water partition coefficient (Wildman–Crippen LogP) is 5.07. The highest BCUT2D eigenvalue weighted by molar-refractivity contribution is 7.07. The quantitative estimate of drug-likeness (QED) is 0.405. The van der Waals surface area contributed by atoms with Gasteiger partial charge in [-0.2, -0.15) is 5.10 Å². The van der Waals surface area contributed by atoms with Crippen LogP contribution in [-0.4, -0.2) is 15.9 Å². The Kier molecular flexibility index (Phi) is 4.19. The number of furan rings is 2. The second-order valence-corrected chi connectivity index (χ2v) is 6.78. The van der Waals surface area contributed by atoms with Gasteiger partial charge in [0.1, 0.15) is 17.0 Å². The van der Waals surface area contributed by atoms with Crippen molar-refractivity contribution in [2.75, 3.05) is 0 Å². The van der Waals surface area contributed by atoms with E-state index in [0.717, 1.165) is 28.1 Å². The van der Waals surface area contributed by atoms with Gasteiger partial charge >= 0.3 is 0 Å². The normalized spacial score (nSPS) is 12.4. The van der Waals surface area contributed by atoms with Crippen molar-refractivity contribution < 1.29 is 8.83 Å². The molecule has 5 aromatic rings. The summed E-state index contributed by atoms with van der Waals surface area (Å²) in [6.45, 7) is 0. The molecule has 0 aliphatic rings. The van der Waals surface area contributed by atoms with Crippen molar-refractivity contribution in [3.63, 3.8) is 0 Å². The number of fused-ring (bicyclic) bond motifs is 1. The summed E-state index contributed by atoms with van der Waals surface area (Å²) in [5.74, 6) is 1.38. The Morgan fingerprint density at radius 1 is 1.07 bits per heavy atom. The highest BCUT2D eigenvalue weighted by atomic mass is 32.1. The Labute approximate surface area is 163 Å². The summed E-state index contributed by atoms with van der Waals surface area (Å²) in [5, 5.41) is 7.60. The number of aromatic nitrogens is 2. The fourth-order valence-electron chi connectivity index (χ4n) is 2.78. The Morgan fingerprint density at radius 3 is 2.86 bits per heavy atom. The van der Waals surface area contributed by atoms with Crippen LogP contribution in [0.4, 0.5) is 5.69 Å². The second kappa shape index (κ2) is 7.13. The Morgan fingerprint density at radius 2 is 2.04 bits per heavy atom. The summed E-state index contributed by atoms with van der Waals surface area (Å²) in [4.78, 5) is 9.49. The number of hydrogen-bond donors (Lipinski definition) is 0. The molecule has 0 saturated carbocycles. The Hall–Kier alpha value is -3.71. The van der Waals surface area contributed by atoms with E-state index in [9.17, 15) is 0 Å². The zero-order valence-electron chi connectivity index (χ0n) is 14.6. The van der Waals surface area contributed by atoms with Crippen molar-refractivity contribution in [2.24, 2.45) is 10.1 Å². The molecule has 6 nitrogen and oxygen atoms in total. The van der Waals surface area contributed by atoms with E-state index in [0.29, 0.717) is 10.6 Å². The van der Waals surface area contributed by atoms with Crippen LogP contribution in [0.1, 0.15) is 5.76 Å². The zero-order valence-corrected chi connectivity index (χ0v) is 15.4. The molecule has 7 heteroatoms. The van der Waals surface area contributed by atoms with E-state index in [-0.39, 0.29) is 0 Å². The molecule has 0 radical (unpaired) electrons. The number of hydrogen-bond acceptors (Lipinski definition) is 6. The monoisotopic (exact) mass is 386 g/mol. The highest BCUT2D eigenvalue weighted by Crippen LogP contribution is 2.28. The Bertz CT molecular complexity index is 1280. The van der Waals surface area contributed by atoms with Crippen LogP contribution in [0.15, 0.2) is 97.6 Å². The third-order valence-electron chi connectivity index (χ3n) is 4.08. The highest BCUT2D eigenvalue weighted by Gasteiger charge is 2.13. The van der Waals surface area contributed by atoms with Gasteiger partial charge in [0.05, 0.1) is 24.4 Å². The predicted molar refractivity (Wildman–Crippen MR) is 109 cm³/mol. The number of rotatable bonds is 4. The average molecular weight is 386 g/mol. The first kappa shape index (κ1) is 16.5. The van der Waals surface area contributed by atoms with Crippen molar-refractivity contribution in [1.82, 2.24) is 9.66 Å². The van der Waals surface area contributed by atoms with Crippen LogP contribution < -0.4 is 4.80 Å². The maximum atomic E-state index is 6.03. The van der Waals surface area contributed by atoms with Gasteiger partial charge in [-0.25, -0.2) is 9.67 Å². The maximum Gasteiger partial charge on any atom is 0.211 e. The fraction of sp³-hybridized carbons (Fsp3) is 0. The number of pyridine rings is 1.